The van der Waals surface area contributed by atoms with Gasteiger partial charge in [0.05, 0.1) is 129 Å². The van der Waals surface area contributed by atoms with E-state index < -0.39 is 48.3 Å². The molecule has 8 unspecified atom stereocenters. The van der Waals surface area contributed by atoms with Crippen LogP contribution in [0.1, 0.15) is 86.1 Å². The van der Waals surface area contributed by atoms with Crippen LogP contribution >= 0.6 is 12.2 Å². The number of nitrogens with zero attached hydrogens (tertiary/aromatic N) is 3. The van der Waals surface area contributed by atoms with Crippen molar-refractivity contribution in [2.24, 2.45) is 29.4 Å². The van der Waals surface area contributed by atoms with Gasteiger partial charge in [0.25, 0.3) is 0 Å². The first-order valence-electron chi connectivity index (χ1n) is 27.2. The maximum Gasteiger partial charge on any atom is 0.328 e. The number of methoxy groups -OCH3 is 3. The van der Waals surface area contributed by atoms with Gasteiger partial charge >= 0.3 is 5.97 Å². The highest BCUT2D eigenvalue weighted by atomic mass is 32.1. The van der Waals surface area contributed by atoms with E-state index in [4.69, 9.17) is 60.6 Å². The predicted octanol–water partition coefficient (Wildman–Crippen LogP) is 3.68. The van der Waals surface area contributed by atoms with Gasteiger partial charge in [0.15, 0.2) is 0 Å². The van der Waals surface area contributed by atoms with Crippen LogP contribution in [0.25, 0.3) is 0 Å². The fourth-order valence-electron chi connectivity index (χ4n) is 9.47. The quantitative estimate of drug-likeness (QED) is 0.0483. The molecule has 4 amide bonds. The Bertz CT molecular complexity index is 1820. The molecule has 1 aliphatic heterocycles. The number of amides is 4. The number of carbonyl (C=O) groups is 5. The highest BCUT2D eigenvalue weighted by Crippen LogP contribution is 2.30. The van der Waals surface area contributed by atoms with Crippen molar-refractivity contribution < 1.29 is 66.6 Å². The average Bonchev–Trinajstić information content (AvgIpc) is 3.89. The van der Waals surface area contributed by atoms with E-state index in [1.54, 1.807) is 33.2 Å². The van der Waals surface area contributed by atoms with E-state index in [9.17, 15) is 24.0 Å². The number of carbonyl (C=O) groups excluding carboxylic acids is 5. The molecule has 0 aromatic heterocycles. The van der Waals surface area contributed by atoms with Gasteiger partial charge in [-0.15, -0.1) is 0 Å². The lowest BCUT2D eigenvalue weighted by atomic mass is 9.89. The van der Waals surface area contributed by atoms with Crippen molar-refractivity contribution in [3.8, 4) is 0 Å². The number of benzene rings is 1. The monoisotopic (exact) mass is 1100 g/mol. The van der Waals surface area contributed by atoms with Gasteiger partial charge in [-0.3, -0.25) is 19.2 Å². The van der Waals surface area contributed by atoms with Crippen LogP contribution < -0.4 is 16.4 Å². The summed E-state index contributed by atoms with van der Waals surface area (Å²) in [5.41, 5.74) is 6.32. The van der Waals surface area contributed by atoms with Gasteiger partial charge in [0.1, 0.15) is 18.1 Å². The third kappa shape index (κ3) is 23.6. The number of ether oxygens (including phenoxy) is 9. The first-order valence-corrected chi connectivity index (χ1v) is 27.6. The summed E-state index contributed by atoms with van der Waals surface area (Å²) >= 11 is 5.89. The van der Waals surface area contributed by atoms with E-state index in [0.717, 1.165) is 12.0 Å². The predicted molar refractivity (Wildman–Crippen MR) is 295 cm³/mol. The summed E-state index contributed by atoms with van der Waals surface area (Å²) in [6.07, 6.45) is 1.36. The van der Waals surface area contributed by atoms with E-state index in [0.29, 0.717) is 103 Å². The maximum atomic E-state index is 14.7. The largest absolute Gasteiger partial charge is 0.467 e. The molecule has 9 atom stereocenters. The Hall–Kier alpha value is -3.90. The molecule has 21 heteroatoms. The normalized spacial score (nSPS) is 16.8. The molecule has 436 valence electrons. The zero-order valence-corrected chi connectivity index (χ0v) is 48.7. The summed E-state index contributed by atoms with van der Waals surface area (Å²) in [5.74, 6) is -2.71. The molecule has 1 heterocycles. The molecular weight excluding hydrogens is 1000 g/mol. The second-order valence-corrected chi connectivity index (χ2v) is 20.4. The molecule has 0 saturated carbocycles. The summed E-state index contributed by atoms with van der Waals surface area (Å²) in [6.45, 7) is 19.3. The van der Waals surface area contributed by atoms with Gasteiger partial charge in [-0.2, -0.15) is 0 Å². The van der Waals surface area contributed by atoms with Crippen molar-refractivity contribution >= 4 is 46.8 Å². The van der Waals surface area contributed by atoms with Crippen LogP contribution in [0.5, 0.6) is 0 Å². The van der Waals surface area contributed by atoms with Crippen molar-refractivity contribution in [2.75, 3.05) is 128 Å². The Kier molecular flexibility index (Phi) is 34.7. The number of rotatable bonds is 41. The molecule has 4 N–H and O–H groups in total. The molecule has 2 rings (SSSR count). The van der Waals surface area contributed by atoms with E-state index in [1.807, 2.05) is 83.7 Å². The Morgan fingerprint density at radius 2 is 1.28 bits per heavy atom. The van der Waals surface area contributed by atoms with Crippen LogP contribution in [0.2, 0.25) is 0 Å². The second-order valence-electron chi connectivity index (χ2n) is 20.0. The van der Waals surface area contributed by atoms with Crippen LogP contribution in [-0.4, -0.2) is 220 Å². The number of hydrogen-bond donors (Lipinski definition) is 3. The van der Waals surface area contributed by atoms with Crippen LogP contribution in [0.3, 0.4) is 0 Å². The second kappa shape index (κ2) is 38.6. The fourth-order valence-corrected chi connectivity index (χ4v) is 9.74. The van der Waals surface area contributed by atoms with Gasteiger partial charge in [-0.1, -0.05) is 97.4 Å². The van der Waals surface area contributed by atoms with Crippen LogP contribution in [0.4, 0.5) is 0 Å². The number of likely N-dealkylation sites (N-methyl/N-ethyl adjacent to an activating group) is 2. The standard InChI is InChI=1S/C55H96N6O14S/c1-13-40(6)50(45(67-10)37-47(63)61-23-17-20-44(61)51(68-11)41(7)53(76)57-43(55(66)69-12)36-42-18-15-14-16-19-42)60(9)54(65)48(38(2)3)58-52(64)49(39(4)5)59(8)46(62)21-24-70-26-28-72-30-32-74-34-35-75-33-31-73-29-27-71-25-22-56/h14-16,18-19,38-41,43-45,48-51H,13,17,20-37,56H2,1-12H3,(H,57,76)(H,58,64)/t40?,41?,43?,44-,45?,48?,49?,50?,51?/m0/s1. The molecule has 0 spiro atoms. The number of hydrogen-bond acceptors (Lipinski definition) is 16. The highest BCUT2D eigenvalue weighted by Gasteiger charge is 2.43. The Morgan fingerprint density at radius 3 is 1.75 bits per heavy atom. The molecule has 0 bridgehead atoms. The summed E-state index contributed by atoms with van der Waals surface area (Å²) in [7, 11) is 7.78. The molecule has 0 radical (unpaired) electrons. The highest BCUT2D eigenvalue weighted by molar-refractivity contribution is 7.80. The Balaban J connectivity index is 2.00. The smallest absolute Gasteiger partial charge is 0.328 e. The number of nitrogens with two attached hydrogens (primary N) is 1. The minimum Gasteiger partial charge on any atom is -0.467 e. The van der Waals surface area contributed by atoms with Gasteiger partial charge in [0, 0.05) is 53.7 Å². The molecule has 1 aliphatic rings. The van der Waals surface area contributed by atoms with Crippen molar-refractivity contribution in [2.45, 2.75) is 129 Å². The fraction of sp³-hybridized carbons (Fsp3) is 0.782. The summed E-state index contributed by atoms with van der Waals surface area (Å²) in [4.78, 5) is 74.9. The lowest BCUT2D eigenvalue weighted by Gasteiger charge is -2.41. The number of likely N-dealkylation sites (tertiary alicyclic amines) is 1. The van der Waals surface area contributed by atoms with E-state index in [1.165, 1.54) is 12.0 Å². The molecule has 1 fully saturated rings. The van der Waals surface area contributed by atoms with E-state index >= 15 is 0 Å². The maximum absolute atomic E-state index is 14.7. The van der Waals surface area contributed by atoms with Crippen LogP contribution in [-0.2, 0) is 73.0 Å². The van der Waals surface area contributed by atoms with Gasteiger partial charge in [0.2, 0.25) is 23.6 Å². The number of nitrogens with one attached hydrogen (secondary N) is 2. The minimum absolute atomic E-state index is 0.0102. The molecule has 1 saturated heterocycles. The molecule has 76 heavy (non-hydrogen) atoms. The summed E-state index contributed by atoms with van der Waals surface area (Å²) < 4.78 is 50.2. The Labute approximate surface area is 459 Å². The van der Waals surface area contributed by atoms with E-state index in [-0.39, 0.29) is 73.5 Å². The molecule has 1 aromatic carbocycles. The molecular formula is C55H96N6O14S. The Morgan fingerprint density at radius 1 is 0.737 bits per heavy atom. The van der Waals surface area contributed by atoms with Crippen molar-refractivity contribution in [1.82, 2.24) is 25.3 Å². The zero-order chi connectivity index (χ0) is 56.6. The van der Waals surface area contributed by atoms with Crippen molar-refractivity contribution in [3.05, 3.63) is 35.9 Å². The van der Waals surface area contributed by atoms with Crippen molar-refractivity contribution in [1.29, 1.82) is 0 Å². The summed E-state index contributed by atoms with van der Waals surface area (Å²) in [6, 6.07) is 6.23. The first-order chi connectivity index (χ1) is 36.4. The summed E-state index contributed by atoms with van der Waals surface area (Å²) in [5, 5.41) is 6.23. The third-order valence-electron chi connectivity index (χ3n) is 13.9. The topological polar surface area (TPSA) is 228 Å². The minimum atomic E-state index is -0.942. The number of esters is 1. The van der Waals surface area contributed by atoms with Crippen LogP contribution in [0, 0.1) is 23.7 Å². The van der Waals surface area contributed by atoms with Gasteiger partial charge in [-0.25, -0.2) is 4.79 Å². The molecule has 1 aromatic rings. The lowest BCUT2D eigenvalue weighted by Crippen LogP contribution is -2.60. The van der Waals surface area contributed by atoms with Gasteiger partial charge < -0.3 is 73.7 Å². The lowest BCUT2D eigenvalue weighted by molar-refractivity contribution is -0.148. The number of thiocarbonyl (C=S) groups is 1. The first kappa shape index (κ1) is 68.2. The van der Waals surface area contributed by atoms with Crippen molar-refractivity contribution in [3.63, 3.8) is 0 Å². The zero-order valence-electron chi connectivity index (χ0n) is 47.9. The van der Waals surface area contributed by atoms with Crippen LogP contribution in [0.15, 0.2) is 30.3 Å². The van der Waals surface area contributed by atoms with E-state index in [2.05, 4.69) is 10.6 Å². The molecule has 20 nitrogen and oxygen atoms in total. The van der Waals surface area contributed by atoms with Gasteiger partial charge in [-0.05, 0) is 36.2 Å². The average molecular weight is 1100 g/mol. The SMILES string of the molecule is CCC(C)C(C(CC(=O)N1CCC[C@H]1C(OC)C(C)C(=S)NC(Cc1ccccc1)C(=O)OC)OC)N(C)C(=O)C(NC(=O)C(C(C)C)N(C)C(=O)CCOCCOCCOCCOCCOCCOCCN)C(C)C. The molecule has 0 aliphatic carbocycles. The third-order valence-corrected chi connectivity index (χ3v) is 14.4.